The number of aryl methyl sites for hydroxylation is 1. The van der Waals surface area contributed by atoms with Gasteiger partial charge in [-0.1, -0.05) is 82.9 Å². The van der Waals surface area contributed by atoms with Crippen molar-refractivity contribution in [2.24, 2.45) is 5.92 Å². The van der Waals surface area contributed by atoms with Crippen LogP contribution in [-0.2, 0) is 17.6 Å². The lowest BCUT2D eigenvalue weighted by molar-refractivity contribution is -0.118. The number of rotatable bonds is 10. The summed E-state index contributed by atoms with van der Waals surface area (Å²) >= 11 is 0. The van der Waals surface area contributed by atoms with Gasteiger partial charge in [-0.05, 0) is 60.6 Å². The van der Waals surface area contributed by atoms with Gasteiger partial charge in [0.1, 0.15) is 5.78 Å². The first-order chi connectivity index (χ1) is 13.3. The summed E-state index contributed by atoms with van der Waals surface area (Å²) in [7, 11) is 0. The summed E-state index contributed by atoms with van der Waals surface area (Å²) in [6.07, 6.45) is 20.9. The molecule has 0 aliphatic heterocycles. The van der Waals surface area contributed by atoms with Crippen LogP contribution in [0.5, 0.6) is 0 Å². The Hall–Kier alpha value is -1.11. The van der Waals surface area contributed by atoms with E-state index in [1.165, 1.54) is 94.6 Å². The Morgan fingerprint density at radius 1 is 0.815 bits per heavy atom. The number of fused-ring (bicyclic) bond motifs is 1. The van der Waals surface area contributed by atoms with Crippen molar-refractivity contribution in [3.8, 4) is 0 Å². The molecule has 3 rings (SSSR count). The van der Waals surface area contributed by atoms with E-state index in [1.807, 2.05) is 0 Å². The summed E-state index contributed by atoms with van der Waals surface area (Å²) in [5, 5.41) is 0. The zero-order valence-corrected chi connectivity index (χ0v) is 17.6. The SMILES string of the molecule is CCCCCCCCCCC1CCC(c2ccc3c(c2)CCC(=O)C3)CC1. The van der Waals surface area contributed by atoms with Crippen LogP contribution in [0.3, 0.4) is 0 Å². The van der Waals surface area contributed by atoms with Gasteiger partial charge in [0.05, 0.1) is 0 Å². The van der Waals surface area contributed by atoms with Crippen LogP contribution >= 0.6 is 0 Å². The third-order valence-corrected chi connectivity index (χ3v) is 7.08. The molecule has 0 aromatic heterocycles. The summed E-state index contributed by atoms with van der Waals surface area (Å²) in [6, 6.07) is 7.00. The molecule has 0 atom stereocenters. The molecule has 0 saturated heterocycles. The smallest absolute Gasteiger partial charge is 0.137 e. The Bertz CT molecular complexity index is 580. The fourth-order valence-corrected chi connectivity index (χ4v) is 5.23. The van der Waals surface area contributed by atoms with E-state index in [0.29, 0.717) is 12.2 Å². The number of benzene rings is 1. The highest BCUT2D eigenvalue weighted by Crippen LogP contribution is 2.38. The van der Waals surface area contributed by atoms with Crippen LogP contribution in [0.1, 0.15) is 119 Å². The molecule has 2 aliphatic carbocycles. The van der Waals surface area contributed by atoms with Crippen molar-refractivity contribution in [2.45, 2.75) is 116 Å². The summed E-state index contributed by atoms with van der Waals surface area (Å²) in [5.41, 5.74) is 4.29. The van der Waals surface area contributed by atoms with E-state index < -0.39 is 0 Å². The Kier molecular flexibility index (Phi) is 8.42. The van der Waals surface area contributed by atoms with Crippen molar-refractivity contribution in [2.75, 3.05) is 0 Å². The first-order valence-corrected chi connectivity index (χ1v) is 11.9. The fourth-order valence-electron chi connectivity index (χ4n) is 5.23. The minimum absolute atomic E-state index is 0.414. The van der Waals surface area contributed by atoms with Crippen molar-refractivity contribution in [3.63, 3.8) is 0 Å². The molecule has 1 fully saturated rings. The number of ketones is 1. The van der Waals surface area contributed by atoms with E-state index in [0.717, 1.165) is 24.7 Å². The standard InChI is InChI=1S/C26H40O/c1-2-3-4-5-6-7-8-9-10-21-11-13-22(14-12-21)23-15-16-25-20-26(27)18-17-24(25)19-23/h15-16,19,21-22H,2-14,17-18,20H2,1H3. The lowest BCUT2D eigenvalue weighted by Crippen LogP contribution is -2.16. The van der Waals surface area contributed by atoms with Crippen molar-refractivity contribution < 1.29 is 4.79 Å². The van der Waals surface area contributed by atoms with E-state index >= 15 is 0 Å². The third kappa shape index (κ3) is 6.47. The monoisotopic (exact) mass is 368 g/mol. The second-order valence-electron chi connectivity index (χ2n) is 9.22. The molecule has 1 aromatic carbocycles. The molecule has 0 heterocycles. The van der Waals surface area contributed by atoms with Gasteiger partial charge < -0.3 is 0 Å². The van der Waals surface area contributed by atoms with Crippen LogP contribution in [0.4, 0.5) is 0 Å². The number of hydrogen-bond donors (Lipinski definition) is 0. The van der Waals surface area contributed by atoms with Gasteiger partial charge in [0.25, 0.3) is 0 Å². The molecule has 0 amide bonds. The molecule has 0 radical (unpaired) electrons. The molecule has 0 N–H and O–H groups in total. The first-order valence-electron chi connectivity index (χ1n) is 11.9. The van der Waals surface area contributed by atoms with Crippen LogP contribution in [0, 0.1) is 5.92 Å². The zero-order chi connectivity index (χ0) is 18.9. The lowest BCUT2D eigenvalue weighted by atomic mass is 9.76. The van der Waals surface area contributed by atoms with Gasteiger partial charge in [0.2, 0.25) is 0 Å². The Labute approximate surface area is 167 Å². The van der Waals surface area contributed by atoms with Gasteiger partial charge in [-0.2, -0.15) is 0 Å². The number of unbranched alkanes of at least 4 members (excludes halogenated alkanes) is 7. The van der Waals surface area contributed by atoms with Crippen LogP contribution in [0.25, 0.3) is 0 Å². The maximum Gasteiger partial charge on any atom is 0.137 e. The molecular formula is C26H40O. The number of carbonyl (C=O) groups excluding carboxylic acids is 1. The van der Waals surface area contributed by atoms with E-state index in [9.17, 15) is 4.79 Å². The minimum atomic E-state index is 0.414. The second kappa shape index (κ2) is 11.0. The number of carbonyl (C=O) groups is 1. The molecule has 0 bridgehead atoms. The first kappa shape index (κ1) is 20.6. The normalized spacial score (nSPS) is 22.6. The summed E-state index contributed by atoms with van der Waals surface area (Å²) < 4.78 is 0. The van der Waals surface area contributed by atoms with Crippen molar-refractivity contribution >= 4 is 5.78 Å². The largest absolute Gasteiger partial charge is 0.299 e. The Morgan fingerprint density at radius 3 is 2.26 bits per heavy atom. The summed E-state index contributed by atoms with van der Waals surface area (Å²) in [5.74, 6) is 2.16. The molecule has 0 unspecified atom stereocenters. The van der Waals surface area contributed by atoms with Gasteiger partial charge in [-0.25, -0.2) is 0 Å². The molecule has 2 aliphatic rings. The van der Waals surface area contributed by atoms with Gasteiger partial charge >= 0.3 is 0 Å². The highest BCUT2D eigenvalue weighted by atomic mass is 16.1. The molecule has 1 aromatic rings. The van der Waals surface area contributed by atoms with Crippen LogP contribution in [0.2, 0.25) is 0 Å². The molecule has 1 nitrogen and oxygen atoms in total. The lowest BCUT2D eigenvalue weighted by Gasteiger charge is -2.29. The Balaban J connectivity index is 1.33. The molecule has 27 heavy (non-hydrogen) atoms. The van der Waals surface area contributed by atoms with E-state index in [2.05, 4.69) is 25.1 Å². The predicted molar refractivity (Wildman–Crippen MR) is 115 cm³/mol. The van der Waals surface area contributed by atoms with Gasteiger partial charge in [0, 0.05) is 12.8 Å². The van der Waals surface area contributed by atoms with Gasteiger partial charge in [-0.3, -0.25) is 4.79 Å². The minimum Gasteiger partial charge on any atom is -0.299 e. The topological polar surface area (TPSA) is 17.1 Å². The van der Waals surface area contributed by atoms with Crippen molar-refractivity contribution in [1.29, 1.82) is 0 Å². The summed E-state index contributed by atoms with van der Waals surface area (Å²) in [4.78, 5) is 11.6. The van der Waals surface area contributed by atoms with Crippen LogP contribution in [-0.4, -0.2) is 5.78 Å². The molecule has 150 valence electrons. The van der Waals surface area contributed by atoms with Crippen molar-refractivity contribution in [3.05, 3.63) is 34.9 Å². The van der Waals surface area contributed by atoms with E-state index in [4.69, 9.17) is 0 Å². The summed E-state index contributed by atoms with van der Waals surface area (Å²) in [6.45, 7) is 2.29. The molecule has 1 saturated carbocycles. The predicted octanol–water partition coefficient (Wildman–Crippen LogP) is 7.55. The van der Waals surface area contributed by atoms with E-state index in [1.54, 1.807) is 5.56 Å². The van der Waals surface area contributed by atoms with Crippen LogP contribution < -0.4 is 0 Å². The Morgan fingerprint density at radius 2 is 1.52 bits per heavy atom. The van der Waals surface area contributed by atoms with Crippen molar-refractivity contribution in [1.82, 2.24) is 0 Å². The average Bonchev–Trinajstić information content (AvgIpc) is 2.70. The third-order valence-electron chi connectivity index (χ3n) is 7.08. The molecule has 0 spiro atoms. The van der Waals surface area contributed by atoms with Crippen LogP contribution in [0.15, 0.2) is 18.2 Å². The maximum absolute atomic E-state index is 11.6. The average molecular weight is 369 g/mol. The highest BCUT2D eigenvalue weighted by molar-refractivity contribution is 5.83. The quantitative estimate of drug-likeness (QED) is 0.390. The number of Topliss-reactive ketones (excluding diaryl/α,β-unsaturated/α-hetero) is 1. The highest BCUT2D eigenvalue weighted by Gasteiger charge is 2.23. The molecular weight excluding hydrogens is 328 g/mol. The number of hydrogen-bond acceptors (Lipinski definition) is 1. The van der Waals surface area contributed by atoms with Gasteiger partial charge in [0.15, 0.2) is 0 Å². The fraction of sp³-hybridized carbons (Fsp3) is 0.731. The zero-order valence-electron chi connectivity index (χ0n) is 17.6. The molecule has 1 heteroatoms. The van der Waals surface area contributed by atoms with Gasteiger partial charge in [-0.15, -0.1) is 0 Å². The second-order valence-corrected chi connectivity index (χ2v) is 9.22. The maximum atomic E-state index is 11.6. The van der Waals surface area contributed by atoms with E-state index in [-0.39, 0.29) is 0 Å².